The second-order valence-electron chi connectivity index (χ2n) is 4.60. The largest absolute Gasteiger partial charge is 0.262 e. The van der Waals surface area contributed by atoms with E-state index in [0.717, 1.165) is 0 Å². The first kappa shape index (κ1) is 12.8. The van der Waals surface area contributed by atoms with Crippen molar-refractivity contribution < 1.29 is 4.57 Å². The predicted octanol–water partition coefficient (Wildman–Crippen LogP) is 4.45. The third kappa shape index (κ3) is 2.70. The summed E-state index contributed by atoms with van der Waals surface area (Å²) >= 11 is 1.81. The second kappa shape index (κ2) is 5.85. The van der Waals surface area contributed by atoms with Gasteiger partial charge in [-0.25, -0.2) is 0 Å². The van der Waals surface area contributed by atoms with Gasteiger partial charge >= 0.3 is 0 Å². The fourth-order valence-electron chi connectivity index (χ4n) is 2.13. The fourth-order valence-corrected chi connectivity index (χ4v) is 3.20. The second-order valence-corrected chi connectivity index (χ2v) is 5.66. The molecule has 0 fully saturated rings. The Labute approximate surface area is 123 Å². The van der Waals surface area contributed by atoms with E-state index in [0.29, 0.717) is 0 Å². The minimum Gasteiger partial charge on any atom is -0.185 e. The monoisotopic (exact) mass is 278 g/mol. The summed E-state index contributed by atoms with van der Waals surface area (Å²) in [5, 5.41) is 1.25. The highest BCUT2D eigenvalue weighted by Crippen LogP contribution is 2.20. The lowest BCUT2D eigenvalue weighted by Gasteiger charge is -1.88. The first-order valence-corrected chi connectivity index (χ1v) is 7.43. The molecule has 0 aliphatic heterocycles. The van der Waals surface area contributed by atoms with Crippen LogP contribution in [0.2, 0.25) is 0 Å². The van der Waals surface area contributed by atoms with Gasteiger partial charge in [-0.15, -0.1) is 0 Å². The lowest BCUT2D eigenvalue weighted by Crippen LogP contribution is -2.28. The molecule has 0 saturated heterocycles. The summed E-state index contributed by atoms with van der Waals surface area (Å²) in [6.45, 7) is 0. The molecule has 0 atom stereocenters. The molecular weight excluding hydrogens is 262 g/mol. The number of thiazole rings is 1. The van der Waals surface area contributed by atoms with Crippen LogP contribution in [0.25, 0.3) is 22.4 Å². The van der Waals surface area contributed by atoms with Crippen LogP contribution in [0.4, 0.5) is 0 Å². The van der Waals surface area contributed by atoms with Crippen molar-refractivity contribution in [1.82, 2.24) is 0 Å². The highest BCUT2D eigenvalue weighted by atomic mass is 32.1. The minimum atomic E-state index is 1.22. The van der Waals surface area contributed by atoms with Gasteiger partial charge in [0, 0.05) is 12.1 Å². The lowest BCUT2D eigenvalue weighted by molar-refractivity contribution is -0.642. The number of fused-ring (bicyclic) bond motifs is 1. The number of hydrogen-bond acceptors (Lipinski definition) is 1. The lowest BCUT2D eigenvalue weighted by atomic mass is 10.2. The van der Waals surface area contributed by atoms with Crippen LogP contribution in [0.3, 0.4) is 0 Å². The molecule has 20 heavy (non-hydrogen) atoms. The van der Waals surface area contributed by atoms with Gasteiger partial charge in [-0.05, 0) is 11.6 Å². The van der Waals surface area contributed by atoms with Crippen molar-refractivity contribution in [2.24, 2.45) is 7.05 Å². The molecule has 3 aromatic rings. The molecule has 0 radical (unpaired) electrons. The Hall–Kier alpha value is -2.19. The summed E-state index contributed by atoms with van der Waals surface area (Å²) < 4.78 is 3.55. The zero-order valence-corrected chi connectivity index (χ0v) is 12.2. The predicted molar refractivity (Wildman–Crippen MR) is 87.5 cm³/mol. The first-order valence-electron chi connectivity index (χ1n) is 6.62. The maximum Gasteiger partial charge on any atom is 0.262 e. The van der Waals surface area contributed by atoms with Crippen LogP contribution in [0, 0.1) is 0 Å². The Morgan fingerprint density at radius 1 is 0.850 bits per heavy atom. The molecule has 0 bridgehead atoms. The van der Waals surface area contributed by atoms with Gasteiger partial charge in [-0.1, -0.05) is 72.0 Å². The Balaban J connectivity index is 1.81. The fraction of sp³-hybridized carbons (Fsp3) is 0.0556. The van der Waals surface area contributed by atoms with Gasteiger partial charge in [0.05, 0.1) is 0 Å². The van der Waals surface area contributed by atoms with Crippen molar-refractivity contribution in [2.75, 3.05) is 0 Å². The molecule has 0 aliphatic rings. The first-order chi connectivity index (χ1) is 9.84. The Morgan fingerprint density at radius 2 is 1.55 bits per heavy atom. The molecule has 0 saturated carbocycles. The normalized spacial score (nSPS) is 11.8. The van der Waals surface area contributed by atoms with E-state index in [1.165, 1.54) is 20.8 Å². The van der Waals surface area contributed by atoms with Crippen LogP contribution < -0.4 is 4.57 Å². The van der Waals surface area contributed by atoms with Gasteiger partial charge in [-0.3, -0.25) is 0 Å². The highest BCUT2D eigenvalue weighted by molar-refractivity contribution is 7.18. The molecule has 1 nitrogen and oxygen atoms in total. The number of allylic oxidation sites excluding steroid dienone is 2. The van der Waals surface area contributed by atoms with Gasteiger partial charge < -0.3 is 0 Å². The highest BCUT2D eigenvalue weighted by Gasteiger charge is 2.12. The molecule has 0 N–H and O–H groups in total. The summed E-state index contributed by atoms with van der Waals surface area (Å²) in [6.07, 6.45) is 8.45. The quantitative estimate of drug-likeness (QED) is 0.492. The van der Waals surface area contributed by atoms with E-state index in [4.69, 9.17) is 0 Å². The van der Waals surface area contributed by atoms with Crippen LogP contribution >= 0.6 is 11.3 Å². The van der Waals surface area contributed by atoms with Crippen LogP contribution in [-0.2, 0) is 7.05 Å². The Morgan fingerprint density at radius 3 is 2.35 bits per heavy atom. The van der Waals surface area contributed by atoms with E-state index in [1.807, 2.05) is 17.4 Å². The van der Waals surface area contributed by atoms with E-state index in [2.05, 4.69) is 84.4 Å². The summed E-state index contributed by atoms with van der Waals surface area (Å²) in [7, 11) is 2.11. The molecule has 0 amide bonds. The van der Waals surface area contributed by atoms with E-state index >= 15 is 0 Å². The van der Waals surface area contributed by atoms with Crippen LogP contribution in [0.1, 0.15) is 10.6 Å². The minimum absolute atomic E-state index is 1.22. The number of aromatic nitrogens is 1. The smallest absolute Gasteiger partial charge is 0.185 e. The average Bonchev–Trinajstić information content (AvgIpc) is 2.82. The SMILES string of the molecule is C[n+]1c(/C=C/C=C\c2ccccc2)sc2ccccc21. The molecule has 1 aromatic heterocycles. The summed E-state index contributed by atoms with van der Waals surface area (Å²) in [6, 6.07) is 18.8. The molecule has 2 aromatic carbocycles. The van der Waals surface area contributed by atoms with E-state index in [-0.39, 0.29) is 0 Å². The van der Waals surface area contributed by atoms with E-state index < -0.39 is 0 Å². The van der Waals surface area contributed by atoms with Crippen molar-refractivity contribution >= 4 is 33.7 Å². The third-order valence-corrected chi connectivity index (χ3v) is 4.39. The van der Waals surface area contributed by atoms with Gasteiger partial charge in [0.1, 0.15) is 11.7 Å². The van der Waals surface area contributed by atoms with Crippen LogP contribution in [0.5, 0.6) is 0 Å². The van der Waals surface area contributed by atoms with Gasteiger partial charge in [-0.2, -0.15) is 4.57 Å². The van der Waals surface area contributed by atoms with E-state index in [1.54, 1.807) is 0 Å². The van der Waals surface area contributed by atoms with Crippen LogP contribution in [-0.4, -0.2) is 0 Å². The summed E-state index contributed by atoms with van der Waals surface area (Å²) in [4.78, 5) is 0. The standard InChI is InChI=1S/C18H16NS/c1-19-16-12-6-7-13-17(16)20-18(19)14-8-5-11-15-9-3-2-4-10-15/h2-14H,1H3/q+1/b11-5-,14-8+. The Kier molecular flexibility index (Phi) is 3.75. The summed E-state index contributed by atoms with van der Waals surface area (Å²) in [5.74, 6) is 0. The molecule has 0 unspecified atom stereocenters. The zero-order valence-electron chi connectivity index (χ0n) is 11.4. The maximum absolute atomic E-state index is 2.23. The van der Waals surface area contributed by atoms with Crippen LogP contribution in [0.15, 0.2) is 66.7 Å². The number of para-hydroxylation sites is 1. The van der Waals surface area contributed by atoms with Gasteiger partial charge in [0.15, 0.2) is 0 Å². The topological polar surface area (TPSA) is 3.88 Å². The number of rotatable bonds is 3. The molecule has 98 valence electrons. The summed E-state index contributed by atoms with van der Waals surface area (Å²) in [5.41, 5.74) is 2.50. The van der Waals surface area contributed by atoms with Gasteiger partial charge in [0.2, 0.25) is 5.52 Å². The van der Waals surface area contributed by atoms with Crippen molar-refractivity contribution in [1.29, 1.82) is 0 Å². The number of benzene rings is 2. The molecule has 1 heterocycles. The molecule has 0 spiro atoms. The zero-order chi connectivity index (χ0) is 13.8. The van der Waals surface area contributed by atoms with Crippen molar-refractivity contribution in [2.45, 2.75) is 0 Å². The number of hydrogen-bond donors (Lipinski definition) is 0. The molecule has 0 aliphatic carbocycles. The van der Waals surface area contributed by atoms with Crippen molar-refractivity contribution in [3.8, 4) is 0 Å². The van der Waals surface area contributed by atoms with Crippen molar-refractivity contribution in [3.05, 3.63) is 77.3 Å². The average molecular weight is 278 g/mol. The molecular formula is C18H16NS+. The van der Waals surface area contributed by atoms with Crippen molar-refractivity contribution in [3.63, 3.8) is 0 Å². The molecule has 2 heteroatoms. The van der Waals surface area contributed by atoms with E-state index in [9.17, 15) is 0 Å². The number of aryl methyl sites for hydroxylation is 1. The third-order valence-electron chi connectivity index (χ3n) is 3.21. The number of nitrogens with zero attached hydrogens (tertiary/aromatic N) is 1. The van der Waals surface area contributed by atoms with Gasteiger partial charge in [0.25, 0.3) is 5.01 Å². The Bertz CT molecular complexity index is 766. The maximum atomic E-state index is 2.23. The molecule has 3 rings (SSSR count).